The second-order valence-electron chi connectivity index (χ2n) is 5.18. The molecule has 0 fully saturated rings. The average Bonchev–Trinajstić information content (AvgIpc) is 2.41. The molecule has 0 unspecified atom stereocenters. The fourth-order valence-electron chi connectivity index (χ4n) is 2.60. The summed E-state index contributed by atoms with van der Waals surface area (Å²) in [7, 11) is 1.21. The van der Waals surface area contributed by atoms with E-state index in [9.17, 15) is 22.8 Å². The smallest absolute Gasteiger partial charge is 0.281 e. The van der Waals surface area contributed by atoms with E-state index in [0.717, 1.165) is 11.8 Å². The Bertz CT molecular complexity index is 582. The molecule has 2 rings (SSSR count). The van der Waals surface area contributed by atoms with Crippen molar-refractivity contribution in [3.63, 3.8) is 0 Å². The van der Waals surface area contributed by atoms with Gasteiger partial charge in [0.05, 0.1) is 11.3 Å². The molecule has 2 atom stereocenters. The number of hydrogen-bond acceptors (Lipinski definition) is 2. The van der Waals surface area contributed by atoms with Gasteiger partial charge in [0.25, 0.3) is 5.91 Å². The van der Waals surface area contributed by atoms with Crippen LogP contribution in [0.15, 0.2) is 24.3 Å². The van der Waals surface area contributed by atoms with Crippen molar-refractivity contribution < 1.29 is 22.8 Å². The quantitative estimate of drug-likeness (QED) is 0.744. The number of fused-ring (bicyclic) bond motifs is 1. The van der Waals surface area contributed by atoms with Crippen LogP contribution in [-0.4, -0.2) is 29.9 Å². The molecule has 108 valence electrons. The number of nitrogens with zero attached hydrogens (tertiary/aromatic N) is 1. The normalized spacial score (nSPS) is 24.6. The zero-order chi connectivity index (χ0) is 15.3. The molecule has 0 N–H and O–H groups in total. The van der Waals surface area contributed by atoms with E-state index in [0.29, 0.717) is 0 Å². The fraction of sp³-hybridized carbons (Fsp3) is 0.429. The van der Waals surface area contributed by atoms with Crippen LogP contribution in [-0.2, 0) is 10.2 Å². The van der Waals surface area contributed by atoms with E-state index in [1.165, 1.54) is 32.2 Å². The van der Waals surface area contributed by atoms with Crippen molar-refractivity contribution in [1.29, 1.82) is 0 Å². The molecule has 2 amide bonds. The van der Waals surface area contributed by atoms with Crippen molar-refractivity contribution in [2.24, 2.45) is 5.92 Å². The zero-order valence-corrected chi connectivity index (χ0v) is 11.3. The Balaban J connectivity index is 2.72. The summed E-state index contributed by atoms with van der Waals surface area (Å²) < 4.78 is 39.3. The minimum atomic E-state index is -4.53. The number of imide groups is 1. The van der Waals surface area contributed by atoms with E-state index in [2.05, 4.69) is 0 Å². The molecule has 1 aromatic rings. The summed E-state index contributed by atoms with van der Waals surface area (Å²) in [6.45, 7) is 2.22. The summed E-state index contributed by atoms with van der Waals surface area (Å²) in [5.41, 5.74) is -1.51. The Labute approximate surface area is 114 Å². The van der Waals surface area contributed by atoms with Gasteiger partial charge in [0.15, 0.2) is 0 Å². The van der Waals surface area contributed by atoms with E-state index >= 15 is 0 Å². The van der Waals surface area contributed by atoms with Gasteiger partial charge in [-0.1, -0.05) is 25.1 Å². The standard InChI is InChI=1S/C14H14F3NO2/c1-8(14(15,16)17)13(2)10-7-5-4-6-9(10)11(19)18(3)12(13)20/h4-8H,1-3H3/t8-,13-/m1/s1. The van der Waals surface area contributed by atoms with Gasteiger partial charge in [-0.05, 0) is 18.6 Å². The van der Waals surface area contributed by atoms with Crippen molar-refractivity contribution in [1.82, 2.24) is 4.90 Å². The summed E-state index contributed by atoms with van der Waals surface area (Å²) in [6.07, 6.45) is -4.53. The number of carbonyl (C=O) groups excluding carboxylic acids is 2. The molecule has 0 saturated heterocycles. The van der Waals surface area contributed by atoms with E-state index in [4.69, 9.17) is 0 Å². The number of benzene rings is 1. The molecule has 6 heteroatoms. The van der Waals surface area contributed by atoms with Crippen LogP contribution < -0.4 is 0 Å². The van der Waals surface area contributed by atoms with Gasteiger partial charge >= 0.3 is 6.18 Å². The predicted octanol–water partition coefficient (Wildman–Crippen LogP) is 2.75. The highest BCUT2D eigenvalue weighted by atomic mass is 19.4. The lowest BCUT2D eigenvalue weighted by atomic mass is 9.67. The molecule has 20 heavy (non-hydrogen) atoms. The summed E-state index contributed by atoms with van der Waals surface area (Å²) in [5.74, 6) is -3.29. The van der Waals surface area contributed by atoms with Crippen LogP contribution >= 0.6 is 0 Å². The van der Waals surface area contributed by atoms with Crippen molar-refractivity contribution in [2.75, 3.05) is 7.05 Å². The predicted molar refractivity (Wildman–Crippen MR) is 66.1 cm³/mol. The first-order chi connectivity index (χ1) is 9.11. The molecule has 1 aromatic carbocycles. The third-order valence-corrected chi connectivity index (χ3v) is 4.13. The van der Waals surface area contributed by atoms with Gasteiger partial charge in [-0.2, -0.15) is 13.2 Å². The third kappa shape index (κ3) is 1.82. The topological polar surface area (TPSA) is 37.4 Å². The van der Waals surface area contributed by atoms with Gasteiger partial charge in [0.2, 0.25) is 5.91 Å². The SMILES string of the molecule is C[C@@H](C(F)(F)F)[C@@]1(C)C(=O)N(C)C(=O)c2ccccc21. The lowest BCUT2D eigenvalue weighted by molar-refractivity contribution is -0.193. The van der Waals surface area contributed by atoms with Crippen molar-refractivity contribution >= 4 is 11.8 Å². The second-order valence-corrected chi connectivity index (χ2v) is 5.18. The van der Waals surface area contributed by atoms with Crippen molar-refractivity contribution in [3.8, 4) is 0 Å². The highest BCUT2D eigenvalue weighted by Gasteiger charge is 2.57. The van der Waals surface area contributed by atoms with Gasteiger partial charge in [-0.3, -0.25) is 14.5 Å². The number of likely N-dealkylation sites (N-methyl/N-ethyl adjacent to an activating group) is 1. The molecule has 0 aromatic heterocycles. The molecule has 1 aliphatic heterocycles. The zero-order valence-electron chi connectivity index (χ0n) is 11.3. The Morgan fingerprint density at radius 1 is 1.20 bits per heavy atom. The van der Waals surface area contributed by atoms with Crippen molar-refractivity contribution in [3.05, 3.63) is 35.4 Å². The van der Waals surface area contributed by atoms with Crippen LogP contribution in [0.3, 0.4) is 0 Å². The van der Waals surface area contributed by atoms with Crippen LogP contribution in [0.5, 0.6) is 0 Å². The average molecular weight is 285 g/mol. The van der Waals surface area contributed by atoms with Gasteiger partial charge < -0.3 is 0 Å². The molecule has 0 spiro atoms. The van der Waals surface area contributed by atoms with Gasteiger partial charge in [-0.25, -0.2) is 0 Å². The lowest BCUT2D eigenvalue weighted by Gasteiger charge is -2.42. The Kier molecular flexibility index (Phi) is 3.15. The van der Waals surface area contributed by atoms with E-state index in [-0.39, 0.29) is 11.1 Å². The van der Waals surface area contributed by atoms with Crippen LogP contribution in [0.25, 0.3) is 0 Å². The fourth-order valence-corrected chi connectivity index (χ4v) is 2.60. The van der Waals surface area contributed by atoms with Gasteiger partial charge in [0.1, 0.15) is 0 Å². The number of alkyl halides is 3. The molecule has 0 aliphatic carbocycles. The van der Waals surface area contributed by atoms with Crippen LogP contribution in [0.1, 0.15) is 29.8 Å². The molecular formula is C14H14F3NO2. The van der Waals surface area contributed by atoms with E-state index in [1.807, 2.05) is 0 Å². The molecule has 0 bridgehead atoms. The highest BCUT2D eigenvalue weighted by molar-refractivity contribution is 6.12. The highest BCUT2D eigenvalue weighted by Crippen LogP contribution is 2.46. The second kappa shape index (κ2) is 4.33. The molecule has 0 radical (unpaired) electrons. The number of halogens is 3. The summed E-state index contributed by atoms with van der Waals surface area (Å²) in [6, 6.07) is 5.97. The molecule has 1 aliphatic rings. The Hall–Kier alpha value is -1.85. The van der Waals surface area contributed by atoms with E-state index < -0.39 is 29.3 Å². The molecular weight excluding hydrogens is 271 g/mol. The minimum Gasteiger partial charge on any atom is -0.281 e. The monoisotopic (exact) mass is 285 g/mol. The number of rotatable bonds is 1. The van der Waals surface area contributed by atoms with Crippen molar-refractivity contribution in [2.45, 2.75) is 25.4 Å². The largest absolute Gasteiger partial charge is 0.392 e. The number of carbonyl (C=O) groups is 2. The van der Waals surface area contributed by atoms with Crippen LogP contribution in [0.4, 0.5) is 13.2 Å². The summed E-state index contributed by atoms with van der Waals surface area (Å²) in [5, 5.41) is 0. The molecule has 1 heterocycles. The molecule has 0 saturated carbocycles. The first kappa shape index (κ1) is 14.6. The maximum Gasteiger partial charge on any atom is 0.392 e. The first-order valence-electron chi connectivity index (χ1n) is 6.10. The third-order valence-electron chi connectivity index (χ3n) is 4.13. The van der Waals surface area contributed by atoms with Gasteiger partial charge in [-0.15, -0.1) is 0 Å². The first-order valence-corrected chi connectivity index (χ1v) is 6.10. The number of hydrogen-bond donors (Lipinski definition) is 0. The maximum atomic E-state index is 13.1. The maximum absolute atomic E-state index is 13.1. The summed E-state index contributed by atoms with van der Waals surface area (Å²) >= 11 is 0. The van der Waals surface area contributed by atoms with E-state index in [1.54, 1.807) is 6.07 Å². The lowest BCUT2D eigenvalue weighted by Crippen LogP contribution is -2.56. The Morgan fingerprint density at radius 2 is 1.75 bits per heavy atom. The molecule has 3 nitrogen and oxygen atoms in total. The van der Waals surface area contributed by atoms with Gasteiger partial charge in [0, 0.05) is 12.6 Å². The Morgan fingerprint density at radius 3 is 2.30 bits per heavy atom. The number of amides is 2. The summed E-state index contributed by atoms with van der Waals surface area (Å²) in [4.78, 5) is 25.1. The van der Waals surface area contributed by atoms with Crippen LogP contribution in [0.2, 0.25) is 0 Å². The minimum absolute atomic E-state index is 0.137. The van der Waals surface area contributed by atoms with Crippen LogP contribution in [0, 0.1) is 5.92 Å².